The van der Waals surface area contributed by atoms with Crippen molar-refractivity contribution in [3.8, 4) is 0 Å². The first-order chi connectivity index (χ1) is 9.22. The lowest BCUT2D eigenvalue weighted by atomic mass is 10.1. The zero-order valence-corrected chi connectivity index (χ0v) is 12.4. The van der Waals surface area contributed by atoms with E-state index < -0.39 is 0 Å². The van der Waals surface area contributed by atoms with Gasteiger partial charge in [0, 0.05) is 28.4 Å². The lowest BCUT2D eigenvalue weighted by Gasteiger charge is -2.08. The number of hydrogen-bond donors (Lipinski definition) is 2. The maximum atomic E-state index is 5.97. The fourth-order valence-electron chi connectivity index (χ4n) is 2.02. The number of halogens is 2. The highest BCUT2D eigenvalue weighted by atomic mass is 79.9. The van der Waals surface area contributed by atoms with Crippen molar-refractivity contribution in [1.82, 2.24) is 4.98 Å². The standard InChI is InChI=1S/C15H12BrClN2/c16-13-8-12(3-4-14(13)17)19-9-10-1-2-11-5-6-18-15(11)7-10/h1-8,18-19H,9H2. The molecule has 1 aromatic heterocycles. The van der Waals surface area contributed by atoms with Crippen LogP contribution in [0.25, 0.3) is 10.9 Å². The number of fused-ring (bicyclic) bond motifs is 1. The molecule has 4 heteroatoms. The Hall–Kier alpha value is -1.45. The number of hydrogen-bond acceptors (Lipinski definition) is 1. The zero-order chi connectivity index (χ0) is 13.2. The molecule has 3 rings (SSSR count). The average molecular weight is 336 g/mol. The molecule has 0 aliphatic heterocycles. The summed E-state index contributed by atoms with van der Waals surface area (Å²) in [4.78, 5) is 3.22. The summed E-state index contributed by atoms with van der Waals surface area (Å²) in [5.41, 5.74) is 3.44. The second kappa shape index (κ2) is 5.27. The third kappa shape index (κ3) is 2.77. The summed E-state index contributed by atoms with van der Waals surface area (Å²) >= 11 is 9.39. The quantitative estimate of drug-likeness (QED) is 0.677. The summed E-state index contributed by atoms with van der Waals surface area (Å²) in [6, 6.07) is 14.3. The van der Waals surface area contributed by atoms with E-state index in [0.29, 0.717) is 0 Å². The highest BCUT2D eigenvalue weighted by molar-refractivity contribution is 9.10. The van der Waals surface area contributed by atoms with Crippen molar-refractivity contribution in [2.24, 2.45) is 0 Å². The van der Waals surface area contributed by atoms with Gasteiger partial charge in [-0.15, -0.1) is 0 Å². The summed E-state index contributed by atoms with van der Waals surface area (Å²) < 4.78 is 0.902. The van der Waals surface area contributed by atoms with E-state index in [9.17, 15) is 0 Å². The number of rotatable bonds is 3. The van der Waals surface area contributed by atoms with Gasteiger partial charge in [0.2, 0.25) is 0 Å². The Morgan fingerprint density at radius 1 is 1.11 bits per heavy atom. The molecule has 0 amide bonds. The molecule has 1 heterocycles. The molecule has 3 aromatic rings. The van der Waals surface area contributed by atoms with E-state index in [2.05, 4.69) is 50.5 Å². The minimum absolute atomic E-state index is 0.721. The largest absolute Gasteiger partial charge is 0.381 e. The number of nitrogens with one attached hydrogen (secondary N) is 2. The van der Waals surface area contributed by atoms with Crippen LogP contribution in [0.1, 0.15) is 5.56 Å². The summed E-state index contributed by atoms with van der Waals surface area (Å²) in [6.45, 7) is 0.781. The maximum Gasteiger partial charge on any atom is 0.0549 e. The second-order valence-electron chi connectivity index (χ2n) is 4.38. The second-order valence-corrected chi connectivity index (χ2v) is 5.64. The molecular formula is C15H12BrClN2. The van der Waals surface area contributed by atoms with Crippen LogP contribution in [0.4, 0.5) is 5.69 Å². The lowest BCUT2D eigenvalue weighted by molar-refractivity contribution is 1.15. The van der Waals surface area contributed by atoms with Crippen LogP contribution in [0.2, 0.25) is 5.02 Å². The third-order valence-electron chi connectivity index (χ3n) is 3.04. The summed E-state index contributed by atoms with van der Waals surface area (Å²) in [6.07, 6.45) is 1.96. The smallest absolute Gasteiger partial charge is 0.0549 e. The SMILES string of the molecule is Clc1ccc(NCc2ccc3cc[nH]c3c2)cc1Br. The van der Waals surface area contributed by atoms with Crippen molar-refractivity contribution in [2.75, 3.05) is 5.32 Å². The molecule has 0 aliphatic carbocycles. The normalized spacial score (nSPS) is 10.8. The molecule has 0 saturated heterocycles. The van der Waals surface area contributed by atoms with Crippen LogP contribution in [0, 0.1) is 0 Å². The van der Waals surface area contributed by atoms with Crippen LogP contribution < -0.4 is 5.32 Å². The first kappa shape index (κ1) is 12.6. The van der Waals surface area contributed by atoms with Gasteiger partial charge in [0.15, 0.2) is 0 Å². The molecule has 0 aliphatic rings. The maximum absolute atomic E-state index is 5.97. The van der Waals surface area contributed by atoms with E-state index in [1.54, 1.807) is 0 Å². The Morgan fingerprint density at radius 3 is 2.84 bits per heavy atom. The van der Waals surface area contributed by atoms with Crippen LogP contribution in [-0.2, 0) is 6.54 Å². The highest BCUT2D eigenvalue weighted by Gasteiger charge is 2.00. The first-order valence-corrected chi connectivity index (χ1v) is 7.14. The van der Waals surface area contributed by atoms with Crippen LogP contribution in [-0.4, -0.2) is 4.98 Å². The molecule has 0 unspecified atom stereocenters. The summed E-state index contributed by atoms with van der Waals surface area (Å²) in [5, 5.41) is 5.34. The molecule has 19 heavy (non-hydrogen) atoms. The fourth-order valence-corrected chi connectivity index (χ4v) is 2.51. The van der Waals surface area contributed by atoms with Gasteiger partial charge in [-0.2, -0.15) is 0 Å². The van der Waals surface area contributed by atoms with Crippen molar-refractivity contribution in [2.45, 2.75) is 6.54 Å². The predicted octanol–water partition coefficient (Wildman–Crippen LogP) is 5.20. The Kier molecular flexibility index (Phi) is 3.49. The van der Waals surface area contributed by atoms with Crippen molar-refractivity contribution in [3.63, 3.8) is 0 Å². The van der Waals surface area contributed by atoms with Crippen LogP contribution >= 0.6 is 27.5 Å². The van der Waals surface area contributed by atoms with E-state index in [0.717, 1.165) is 27.2 Å². The van der Waals surface area contributed by atoms with E-state index in [-0.39, 0.29) is 0 Å². The Labute approximate surface area is 124 Å². The lowest BCUT2D eigenvalue weighted by Crippen LogP contribution is -1.99. The zero-order valence-electron chi connectivity index (χ0n) is 10.1. The Morgan fingerprint density at radius 2 is 2.00 bits per heavy atom. The van der Waals surface area contributed by atoms with Crippen molar-refractivity contribution in [3.05, 3.63) is 63.7 Å². The molecule has 0 radical (unpaired) electrons. The first-order valence-electron chi connectivity index (χ1n) is 5.97. The van der Waals surface area contributed by atoms with E-state index in [1.807, 2.05) is 24.4 Å². The van der Waals surface area contributed by atoms with Gasteiger partial charge < -0.3 is 10.3 Å². The van der Waals surface area contributed by atoms with Gasteiger partial charge in [0.1, 0.15) is 0 Å². The number of H-pyrrole nitrogens is 1. The van der Waals surface area contributed by atoms with E-state index in [1.165, 1.54) is 10.9 Å². The molecule has 2 N–H and O–H groups in total. The van der Waals surface area contributed by atoms with Crippen molar-refractivity contribution in [1.29, 1.82) is 0 Å². The van der Waals surface area contributed by atoms with Gasteiger partial charge in [-0.1, -0.05) is 23.7 Å². The van der Waals surface area contributed by atoms with Gasteiger partial charge >= 0.3 is 0 Å². The van der Waals surface area contributed by atoms with Gasteiger partial charge in [0.05, 0.1) is 5.02 Å². The van der Waals surface area contributed by atoms with Crippen molar-refractivity contribution >= 4 is 44.1 Å². The number of benzene rings is 2. The topological polar surface area (TPSA) is 27.8 Å². The third-order valence-corrected chi connectivity index (χ3v) is 4.25. The van der Waals surface area contributed by atoms with Crippen molar-refractivity contribution < 1.29 is 0 Å². The number of anilines is 1. The minimum Gasteiger partial charge on any atom is -0.381 e. The molecule has 96 valence electrons. The van der Waals surface area contributed by atoms with Gasteiger partial charge in [-0.05, 0) is 57.2 Å². The van der Waals surface area contributed by atoms with Crippen LogP contribution in [0.3, 0.4) is 0 Å². The van der Waals surface area contributed by atoms with Crippen LogP contribution in [0.15, 0.2) is 53.1 Å². The summed E-state index contributed by atoms with van der Waals surface area (Å²) in [7, 11) is 0. The Balaban J connectivity index is 1.75. The molecule has 0 saturated carbocycles. The summed E-state index contributed by atoms with van der Waals surface area (Å²) in [5.74, 6) is 0. The van der Waals surface area contributed by atoms with Crippen LogP contribution in [0.5, 0.6) is 0 Å². The predicted molar refractivity (Wildman–Crippen MR) is 84.8 cm³/mol. The fraction of sp³-hybridized carbons (Fsp3) is 0.0667. The van der Waals surface area contributed by atoms with Gasteiger partial charge in [-0.25, -0.2) is 0 Å². The van der Waals surface area contributed by atoms with E-state index >= 15 is 0 Å². The van der Waals surface area contributed by atoms with Gasteiger partial charge in [-0.3, -0.25) is 0 Å². The van der Waals surface area contributed by atoms with Gasteiger partial charge in [0.25, 0.3) is 0 Å². The molecule has 2 aromatic carbocycles. The molecular weight excluding hydrogens is 324 g/mol. The molecule has 0 bridgehead atoms. The average Bonchev–Trinajstić information content (AvgIpc) is 2.87. The molecule has 0 atom stereocenters. The monoisotopic (exact) mass is 334 g/mol. The minimum atomic E-state index is 0.721. The number of aromatic amines is 1. The molecule has 0 fully saturated rings. The molecule has 2 nitrogen and oxygen atoms in total. The molecule has 0 spiro atoms. The Bertz CT molecular complexity index is 721. The van der Waals surface area contributed by atoms with E-state index in [4.69, 9.17) is 11.6 Å². The number of aromatic nitrogens is 1. The highest BCUT2D eigenvalue weighted by Crippen LogP contribution is 2.26.